The minimum atomic E-state index is 0.344. The van der Waals surface area contributed by atoms with Crippen LogP contribution in [-0.2, 0) is 13.1 Å². The van der Waals surface area contributed by atoms with Crippen LogP contribution in [0.2, 0.25) is 0 Å². The lowest BCUT2D eigenvalue weighted by Gasteiger charge is -2.26. The second-order valence-corrected chi connectivity index (χ2v) is 5.84. The van der Waals surface area contributed by atoms with E-state index in [9.17, 15) is 0 Å². The Morgan fingerprint density at radius 3 is 2.43 bits per heavy atom. The first-order chi connectivity index (χ1) is 10.1. The fourth-order valence-electron chi connectivity index (χ4n) is 2.18. The van der Waals surface area contributed by atoms with Gasteiger partial charge in [-0.1, -0.05) is 42.5 Å². The first kappa shape index (κ1) is 15.6. The van der Waals surface area contributed by atoms with Crippen molar-refractivity contribution in [1.82, 2.24) is 9.88 Å². The highest BCUT2D eigenvalue weighted by molar-refractivity contribution is 7.80. The molecule has 2 N–H and O–H groups in total. The number of hydrogen-bond acceptors (Lipinski definition) is 3. The molecular weight excluding hydrogens is 278 g/mol. The number of nitrogens with two attached hydrogens (primary N) is 1. The Balaban J connectivity index is 2.13. The Hall–Kier alpha value is -1.78. The predicted molar refractivity (Wildman–Crippen MR) is 90.9 cm³/mol. The van der Waals surface area contributed by atoms with E-state index in [1.165, 1.54) is 11.1 Å². The molecule has 3 nitrogen and oxygen atoms in total. The Labute approximate surface area is 131 Å². The zero-order valence-electron chi connectivity index (χ0n) is 12.5. The molecule has 0 aliphatic carbocycles. The van der Waals surface area contributed by atoms with Crippen LogP contribution in [0.5, 0.6) is 0 Å². The third-order valence-electron chi connectivity index (χ3n) is 3.42. The molecule has 0 unspecified atom stereocenters. The summed E-state index contributed by atoms with van der Waals surface area (Å²) in [4.78, 5) is 6.94. The van der Waals surface area contributed by atoms with Gasteiger partial charge in [0, 0.05) is 25.3 Å². The highest BCUT2D eigenvalue weighted by Crippen LogP contribution is 2.13. The van der Waals surface area contributed by atoms with Crippen molar-refractivity contribution in [2.24, 2.45) is 5.73 Å². The molecule has 4 heteroatoms. The van der Waals surface area contributed by atoms with Crippen molar-refractivity contribution in [2.45, 2.75) is 33.0 Å². The van der Waals surface area contributed by atoms with Crippen molar-refractivity contribution in [3.05, 3.63) is 65.5 Å². The summed E-state index contributed by atoms with van der Waals surface area (Å²) < 4.78 is 0. The number of aromatic nitrogens is 1. The predicted octanol–water partition coefficient (Wildman–Crippen LogP) is 3.13. The topological polar surface area (TPSA) is 42.2 Å². The van der Waals surface area contributed by atoms with Gasteiger partial charge in [-0.2, -0.15) is 0 Å². The maximum atomic E-state index is 5.65. The molecule has 2 rings (SSSR count). The molecule has 0 radical (unpaired) electrons. The van der Waals surface area contributed by atoms with Crippen molar-refractivity contribution in [2.75, 3.05) is 0 Å². The normalized spacial score (nSPS) is 11.0. The van der Waals surface area contributed by atoms with Gasteiger partial charge >= 0.3 is 0 Å². The average molecular weight is 299 g/mol. The molecule has 0 aliphatic rings. The van der Waals surface area contributed by atoms with Crippen molar-refractivity contribution in [3.63, 3.8) is 0 Å². The van der Waals surface area contributed by atoms with Gasteiger partial charge in [0.15, 0.2) is 0 Å². The first-order valence-corrected chi connectivity index (χ1v) is 7.50. The van der Waals surface area contributed by atoms with Crippen LogP contribution in [0.4, 0.5) is 0 Å². The van der Waals surface area contributed by atoms with Crippen LogP contribution in [0.3, 0.4) is 0 Å². The second-order valence-electron chi connectivity index (χ2n) is 5.40. The van der Waals surface area contributed by atoms with Crippen LogP contribution in [0.1, 0.15) is 30.7 Å². The van der Waals surface area contributed by atoms with Gasteiger partial charge in [0.05, 0.1) is 5.69 Å². The van der Waals surface area contributed by atoms with E-state index >= 15 is 0 Å². The van der Waals surface area contributed by atoms with Crippen LogP contribution in [0.25, 0.3) is 0 Å². The Morgan fingerprint density at radius 2 is 1.81 bits per heavy atom. The summed E-state index contributed by atoms with van der Waals surface area (Å²) in [5.74, 6) is 0. The number of benzene rings is 1. The summed E-state index contributed by atoms with van der Waals surface area (Å²) in [5.41, 5.74) is 8.83. The molecule has 0 spiro atoms. The minimum Gasteiger partial charge on any atom is -0.388 e. The molecule has 2 aromatic rings. The number of hydrogen-bond donors (Lipinski definition) is 1. The van der Waals surface area contributed by atoms with Crippen LogP contribution < -0.4 is 5.73 Å². The second kappa shape index (κ2) is 7.29. The number of pyridine rings is 1. The third kappa shape index (κ3) is 4.62. The van der Waals surface area contributed by atoms with Crippen molar-refractivity contribution >= 4 is 17.2 Å². The molecule has 0 aliphatic heterocycles. The zero-order valence-corrected chi connectivity index (χ0v) is 13.3. The monoisotopic (exact) mass is 299 g/mol. The maximum absolute atomic E-state index is 5.65. The molecule has 0 fully saturated rings. The molecule has 0 saturated heterocycles. The maximum Gasteiger partial charge on any atom is 0.122 e. The summed E-state index contributed by atoms with van der Waals surface area (Å²) in [7, 11) is 0. The number of rotatable bonds is 6. The minimum absolute atomic E-state index is 0.344. The van der Waals surface area contributed by atoms with Gasteiger partial charge in [-0.3, -0.25) is 9.88 Å². The zero-order chi connectivity index (χ0) is 15.2. The van der Waals surface area contributed by atoms with Crippen molar-refractivity contribution in [3.8, 4) is 0 Å². The SMILES string of the molecule is CC(C)N(Cc1ccccc1)Cc1ccnc(C(N)=S)c1. The van der Waals surface area contributed by atoms with Crippen LogP contribution >= 0.6 is 12.2 Å². The summed E-state index contributed by atoms with van der Waals surface area (Å²) in [6, 6.07) is 14.9. The molecule has 0 saturated carbocycles. The number of thiocarbonyl (C=S) groups is 1. The van der Waals surface area contributed by atoms with Crippen LogP contribution in [0.15, 0.2) is 48.7 Å². The number of nitrogens with zero attached hydrogens (tertiary/aromatic N) is 2. The van der Waals surface area contributed by atoms with E-state index in [1.807, 2.05) is 18.2 Å². The molecule has 0 bridgehead atoms. The lowest BCUT2D eigenvalue weighted by atomic mass is 10.1. The van der Waals surface area contributed by atoms with Gasteiger partial charge in [-0.05, 0) is 37.1 Å². The first-order valence-electron chi connectivity index (χ1n) is 7.09. The average Bonchev–Trinajstić information content (AvgIpc) is 2.48. The fourth-order valence-corrected chi connectivity index (χ4v) is 2.29. The van der Waals surface area contributed by atoms with Gasteiger partial charge in [0.1, 0.15) is 4.99 Å². The van der Waals surface area contributed by atoms with Gasteiger partial charge in [0.2, 0.25) is 0 Å². The smallest absolute Gasteiger partial charge is 0.122 e. The quantitative estimate of drug-likeness (QED) is 0.832. The summed E-state index contributed by atoms with van der Waals surface area (Å²) in [6.07, 6.45) is 1.77. The van der Waals surface area contributed by atoms with Crippen molar-refractivity contribution < 1.29 is 0 Å². The van der Waals surface area contributed by atoms with E-state index in [2.05, 4.69) is 48.0 Å². The van der Waals surface area contributed by atoms with Gasteiger partial charge in [0.25, 0.3) is 0 Å². The standard InChI is InChI=1S/C17H21N3S/c1-13(2)20(11-14-6-4-3-5-7-14)12-15-8-9-19-16(10-15)17(18)21/h3-10,13H,11-12H2,1-2H3,(H2,18,21). The lowest BCUT2D eigenvalue weighted by molar-refractivity contribution is 0.203. The van der Waals surface area contributed by atoms with E-state index in [0.29, 0.717) is 16.7 Å². The molecule has 1 heterocycles. The molecule has 1 aromatic heterocycles. The Morgan fingerprint density at radius 1 is 1.14 bits per heavy atom. The molecular formula is C17H21N3S. The lowest BCUT2D eigenvalue weighted by Crippen LogP contribution is -2.30. The highest BCUT2D eigenvalue weighted by atomic mass is 32.1. The summed E-state index contributed by atoms with van der Waals surface area (Å²) in [6.45, 7) is 6.19. The largest absolute Gasteiger partial charge is 0.388 e. The van der Waals surface area contributed by atoms with E-state index < -0.39 is 0 Å². The summed E-state index contributed by atoms with van der Waals surface area (Å²) in [5, 5.41) is 0. The third-order valence-corrected chi connectivity index (χ3v) is 3.63. The van der Waals surface area contributed by atoms with Crippen LogP contribution in [-0.4, -0.2) is 20.9 Å². The van der Waals surface area contributed by atoms with Gasteiger partial charge < -0.3 is 5.73 Å². The van der Waals surface area contributed by atoms with E-state index in [1.54, 1.807) is 6.20 Å². The summed E-state index contributed by atoms with van der Waals surface area (Å²) >= 11 is 4.99. The molecule has 1 aromatic carbocycles. The van der Waals surface area contributed by atoms with Gasteiger partial charge in [-0.25, -0.2) is 0 Å². The van der Waals surface area contributed by atoms with E-state index in [4.69, 9.17) is 18.0 Å². The van der Waals surface area contributed by atoms with Gasteiger partial charge in [-0.15, -0.1) is 0 Å². The molecule has 110 valence electrons. The van der Waals surface area contributed by atoms with Crippen molar-refractivity contribution in [1.29, 1.82) is 0 Å². The molecule has 21 heavy (non-hydrogen) atoms. The van der Waals surface area contributed by atoms with E-state index in [0.717, 1.165) is 13.1 Å². The molecule has 0 atom stereocenters. The Kier molecular flexibility index (Phi) is 5.42. The van der Waals surface area contributed by atoms with E-state index in [-0.39, 0.29) is 0 Å². The van der Waals surface area contributed by atoms with Crippen LogP contribution in [0, 0.1) is 0 Å². The fraction of sp³-hybridized carbons (Fsp3) is 0.294. The highest BCUT2D eigenvalue weighted by Gasteiger charge is 2.11. The molecule has 0 amide bonds. The Bertz CT molecular complexity index is 596.